The van der Waals surface area contributed by atoms with E-state index < -0.39 is 16.8 Å². The normalized spacial score (nSPS) is 13.0. The molecule has 10 heteroatoms. The molecule has 0 radical (unpaired) electrons. The smallest absolute Gasteiger partial charge is 0.331 e. The summed E-state index contributed by atoms with van der Waals surface area (Å²) in [6.07, 6.45) is 0. The summed E-state index contributed by atoms with van der Waals surface area (Å²) in [5.41, 5.74) is 0.577. The summed E-state index contributed by atoms with van der Waals surface area (Å²) in [5, 5.41) is 14.2. The summed E-state index contributed by atoms with van der Waals surface area (Å²) in [4.78, 5) is 35.8. The molecule has 1 N–H and O–H groups in total. The Bertz CT molecular complexity index is 919. The number of amides is 1. The fourth-order valence-corrected chi connectivity index (χ4v) is 2.91. The zero-order valence-corrected chi connectivity index (χ0v) is 14.6. The minimum atomic E-state index is -0.615. The number of esters is 1. The Labute approximate surface area is 157 Å². The van der Waals surface area contributed by atoms with Crippen LogP contribution in [-0.2, 0) is 9.59 Å². The second kappa shape index (κ2) is 7.19. The van der Waals surface area contributed by atoms with Gasteiger partial charge in [-0.15, -0.1) is 0 Å². The second-order valence-electron chi connectivity index (χ2n) is 5.41. The van der Waals surface area contributed by atoms with Crippen molar-refractivity contribution in [2.24, 2.45) is 0 Å². The first-order valence-corrected chi connectivity index (χ1v) is 8.08. The Morgan fingerprint density at radius 3 is 2.73 bits per heavy atom. The number of halogens is 2. The van der Waals surface area contributed by atoms with Crippen LogP contribution >= 0.6 is 23.2 Å². The molecular formula is C16H11Cl2N3O5. The van der Waals surface area contributed by atoms with Crippen LogP contribution in [0.2, 0.25) is 10.0 Å². The van der Waals surface area contributed by atoms with E-state index in [0.717, 1.165) is 6.07 Å². The minimum absolute atomic E-state index is 0.0350. The lowest BCUT2D eigenvalue weighted by Crippen LogP contribution is -2.41. The number of nitro groups is 1. The number of non-ortho nitro benzene ring substituents is 1. The van der Waals surface area contributed by atoms with E-state index in [-0.39, 0.29) is 29.5 Å². The number of carbonyl (C=O) groups excluding carboxylic acids is 2. The quantitative estimate of drug-likeness (QED) is 0.368. The molecule has 0 saturated heterocycles. The lowest BCUT2D eigenvalue weighted by Gasteiger charge is -2.29. The van der Waals surface area contributed by atoms with E-state index in [4.69, 9.17) is 27.9 Å². The highest BCUT2D eigenvalue weighted by Crippen LogP contribution is 2.35. The lowest BCUT2D eigenvalue weighted by atomic mass is 10.2. The van der Waals surface area contributed by atoms with Gasteiger partial charge in [0.1, 0.15) is 6.54 Å². The number of nitro benzene ring substituents is 1. The molecule has 2 aromatic rings. The topological polar surface area (TPSA) is 102 Å². The van der Waals surface area contributed by atoms with Crippen molar-refractivity contribution in [3.05, 3.63) is 56.6 Å². The molecule has 1 aliphatic heterocycles. The molecule has 0 saturated carbocycles. The Kier molecular flexibility index (Phi) is 4.97. The Hall–Kier alpha value is -2.84. The number of hydrogen-bond acceptors (Lipinski definition) is 6. The molecule has 0 bridgehead atoms. The molecule has 0 aromatic heterocycles. The molecule has 0 unspecified atom stereocenters. The van der Waals surface area contributed by atoms with E-state index in [9.17, 15) is 19.7 Å². The number of hydrogen-bond donors (Lipinski definition) is 1. The Morgan fingerprint density at radius 2 is 2.04 bits per heavy atom. The monoisotopic (exact) mass is 395 g/mol. The molecule has 0 aliphatic carbocycles. The van der Waals surface area contributed by atoms with Crippen molar-refractivity contribution in [1.29, 1.82) is 0 Å². The Balaban J connectivity index is 1.78. The van der Waals surface area contributed by atoms with Crippen molar-refractivity contribution in [3.8, 4) is 5.75 Å². The molecule has 8 nitrogen and oxygen atoms in total. The van der Waals surface area contributed by atoms with Crippen LogP contribution in [-0.4, -0.2) is 29.9 Å². The van der Waals surface area contributed by atoms with Gasteiger partial charge in [-0.1, -0.05) is 23.2 Å². The zero-order chi connectivity index (χ0) is 18.8. The highest BCUT2D eigenvalue weighted by Gasteiger charge is 2.27. The van der Waals surface area contributed by atoms with E-state index in [1.54, 1.807) is 12.1 Å². The van der Waals surface area contributed by atoms with Gasteiger partial charge in [0.15, 0.2) is 5.75 Å². The Morgan fingerprint density at radius 1 is 1.27 bits per heavy atom. The van der Waals surface area contributed by atoms with Gasteiger partial charge in [0.25, 0.3) is 5.69 Å². The number of anilines is 2. The molecular weight excluding hydrogens is 385 g/mol. The van der Waals surface area contributed by atoms with Crippen LogP contribution in [0.15, 0.2) is 36.4 Å². The highest BCUT2D eigenvalue weighted by molar-refractivity contribution is 6.36. The number of fused-ring (bicyclic) bond motifs is 1. The summed E-state index contributed by atoms with van der Waals surface area (Å²) in [6.45, 7) is -0.328. The average Bonchev–Trinajstić information content (AvgIpc) is 2.56. The standard InChI is InChI=1S/C16H11Cl2N3O5/c17-9-1-3-12(11(18)5-9)19-15(22)7-20-8-16(23)26-14-6-10(21(24)25)2-4-13(14)20/h1-6H,7-8H2,(H,19,22). The van der Waals surface area contributed by atoms with Gasteiger partial charge in [0, 0.05) is 11.1 Å². The predicted molar refractivity (Wildman–Crippen MR) is 96.0 cm³/mol. The second-order valence-corrected chi connectivity index (χ2v) is 6.26. The van der Waals surface area contributed by atoms with E-state index in [1.807, 2.05) is 0 Å². The molecule has 3 rings (SSSR count). The average molecular weight is 396 g/mol. The minimum Gasteiger partial charge on any atom is -0.423 e. The van der Waals surface area contributed by atoms with E-state index >= 15 is 0 Å². The number of rotatable bonds is 4. The summed E-state index contributed by atoms with van der Waals surface area (Å²) < 4.78 is 5.03. The number of nitrogens with zero attached hydrogens (tertiary/aromatic N) is 2. The van der Waals surface area contributed by atoms with Crippen molar-refractivity contribution < 1.29 is 19.2 Å². The van der Waals surface area contributed by atoms with Crippen LogP contribution in [0.4, 0.5) is 17.1 Å². The highest BCUT2D eigenvalue weighted by atomic mass is 35.5. The molecule has 0 spiro atoms. The molecule has 1 heterocycles. The maximum atomic E-state index is 12.3. The fourth-order valence-electron chi connectivity index (χ4n) is 2.45. The van der Waals surface area contributed by atoms with Crippen LogP contribution in [0.3, 0.4) is 0 Å². The van der Waals surface area contributed by atoms with Crippen LogP contribution in [0, 0.1) is 10.1 Å². The van der Waals surface area contributed by atoms with Crippen LogP contribution in [0.1, 0.15) is 0 Å². The first kappa shape index (κ1) is 18.0. The van der Waals surface area contributed by atoms with Gasteiger partial charge in [-0.05, 0) is 24.3 Å². The largest absolute Gasteiger partial charge is 0.423 e. The summed E-state index contributed by atoms with van der Waals surface area (Å²) in [5.74, 6) is -1.00. The fraction of sp³-hybridized carbons (Fsp3) is 0.125. The molecule has 1 amide bonds. The van der Waals surface area contributed by atoms with Gasteiger partial charge in [-0.3, -0.25) is 14.9 Å². The van der Waals surface area contributed by atoms with Crippen LogP contribution in [0.25, 0.3) is 0 Å². The van der Waals surface area contributed by atoms with Crippen molar-refractivity contribution in [2.45, 2.75) is 0 Å². The van der Waals surface area contributed by atoms with Crippen LogP contribution < -0.4 is 15.0 Å². The van der Waals surface area contributed by atoms with Crippen molar-refractivity contribution >= 4 is 52.1 Å². The third-order valence-corrected chi connectivity index (χ3v) is 4.13. The third-order valence-electron chi connectivity index (χ3n) is 3.58. The van der Waals surface area contributed by atoms with Gasteiger partial charge in [-0.25, -0.2) is 4.79 Å². The van der Waals surface area contributed by atoms with E-state index in [0.29, 0.717) is 16.4 Å². The van der Waals surface area contributed by atoms with Gasteiger partial charge in [0.05, 0.1) is 33.9 Å². The molecule has 1 aliphatic rings. The number of ether oxygens (including phenoxy) is 1. The van der Waals surface area contributed by atoms with Gasteiger partial charge in [-0.2, -0.15) is 0 Å². The van der Waals surface area contributed by atoms with E-state index in [2.05, 4.69) is 5.32 Å². The summed E-state index contributed by atoms with van der Waals surface area (Å²) in [7, 11) is 0. The molecule has 0 atom stereocenters. The maximum Gasteiger partial charge on any atom is 0.331 e. The summed E-state index contributed by atoms with van der Waals surface area (Å²) in [6, 6.07) is 8.49. The molecule has 2 aromatic carbocycles. The number of nitrogens with one attached hydrogen (secondary N) is 1. The lowest BCUT2D eigenvalue weighted by molar-refractivity contribution is -0.384. The van der Waals surface area contributed by atoms with Gasteiger partial charge in [0.2, 0.25) is 5.91 Å². The first-order chi connectivity index (χ1) is 12.3. The number of benzene rings is 2. The maximum absolute atomic E-state index is 12.3. The van der Waals surface area contributed by atoms with Crippen molar-refractivity contribution in [2.75, 3.05) is 23.3 Å². The van der Waals surface area contributed by atoms with Crippen LogP contribution in [0.5, 0.6) is 5.75 Å². The predicted octanol–water partition coefficient (Wildman–Crippen LogP) is 3.27. The summed E-state index contributed by atoms with van der Waals surface area (Å²) >= 11 is 11.8. The number of carbonyl (C=O) groups is 2. The third kappa shape index (κ3) is 3.87. The molecule has 134 valence electrons. The van der Waals surface area contributed by atoms with Gasteiger partial charge >= 0.3 is 5.97 Å². The first-order valence-electron chi connectivity index (χ1n) is 7.32. The van der Waals surface area contributed by atoms with E-state index in [1.165, 1.54) is 23.1 Å². The van der Waals surface area contributed by atoms with Crippen molar-refractivity contribution in [1.82, 2.24) is 0 Å². The SMILES string of the molecule is O=C(CN1CC(=O)Oc2cc([N+](=O)[O-])ccc21)Nc1ccc(Cl)cc1Cl. The molecule has 0 fully saturated rings. The zero-order valence-electron chi connectivity index (χ0n) is 13.1. The van der Waals surface area contributed by atoms with Crippen molar-refractivity contribution in [3.63, 3.8) is 0 Å². The van der Waals surface area contributed by atoms with Gasteiger partial charge < -0.3 is 15.0 Å². The molecule has 26 heavy (non-hydrogen) atoms.